The lowest BCUT2D eigenvalue weighted by molar-refractivity contribution is -0.119. The van der Waals surface area contributed by atoms with Crippen molar-refractivity contribution in [3.63, 3.8) is 0 Å². The standard InChI is InChI=1S/C25H26N6O2/c1-17-20-9-10-22(32)31(15-18-6-3-2-4-7-18)24(20)29-23(28-17)19-8-5-13-30(16-19)25(33)21-14-26-11-12-27-21/h2-4,6-7,11-12,14,19H,5,8-10,13,15-16H2,1H3/t19-/m0/s1. The van der Waals surface area contributed by atoms with E-state index in [0.29, 0.717) is 44.0 Å². The van der Waals surface area contributed by atoms with Crippen LogP contribution in [-0.4, -0.2) is 49.7 Å². The first-order valence-electron chi connectivity index (χ1n) is 11.4. The molecule has 3 aromatic rings. The zero-order chi connectivity index (χ0) is 22.8. The van der Waals surface area contributed by atoms with E-state index in [4.69, 9.17) is 9.97 Å². The van der Waals surface area contributed by atoms with Gasteiger partial charge in [-0.05, 0) is 31.7 Å². The lowest BCUT2D eigenvalue weighted by atomic mass is 9.95. The highest BCUT2D eigenvalue weighted by atomic mass is 16.2. The molecule has 1 atom stereocenters. The Labute approximate surface area is 192 Å². The summed E-state index contributed by atoms with van der Waals surface area (Å²) in [6, 6.07) is 9.97. The molecule has 1 saturated heterocycles. The van der Waals surface area contributed by atoms with Crippen molar-refractivity contribution < 1.29 is 9.59 Å². The highest BCUT2D eigenvalue weighted by Gasteiger charge is 2.32. The first kappa shape index (κ1) is 21.2. The predicted molar refractivity (Wildman–Crippen MR) is 123 cm³/mol. The van der Waals surface area contributed by atoms with Crippen LogP contribution in [0.2, 0.25) is 0 Å². The van der Waals surface area contributed by atoms with Crippen LogP contribution in [0.15, 0.2) is 48.9 Å². The lowest BCUT2D eigenvalue weighted by Gasteiger charge is -2.34. The third kappa shape index (κ3) is 4.33. The number of nitrogens with zero attached hydrogens (tertiary/aromatic N) is 6. The number of fused-ring (bicyclic) bond motifs is 1. The predicted octanol–water partition coefficient (Wildman–Crippen LogP) is 3.07. The topological polar surface area (TPSA) is 92.2 Å². The number of aryl methyl sites for hydroxylation is 1. The van der Waals surface area contributed by atoms with E-state index >= 15 is 0 Å². The molecular weight excluding hydrogens is 416 g/mol. The minimum Gasteiger partial charge on any atom is -0.337 e. The summed E-state index contributed by atoms with van der Waals surface area (Å²) in [4.78, 5) is 47.3. The highest BCUT2D eigenvalue weighted by molar-refractivity contribution is 5.95. The molecule has 8 heteroatoms. The van der Waals surface area contributed by atoms with Crippen molar-refractivity contribution in [1.29, 1.82) is 0 Å². The van der Waals surface area contributed by atoms with Crippen molar-refractivity contribution >= 4 is 17.6 Å². The van der Waals surface area contributed by atoms with Gasteiger partial charge in [0, 0.05) is 49.1 Å². The zero-order valence-electron chi connectivity index (χ0n) is 18.6. The van der Waals surface area contributed by atoms with Gasteiger partial charge in [-0.3, -0.25) is 19.5 Å². The number of likely N-dealkylation sites (tertiary alicyclic amines) is 1. The Bertz CT molecular complexity index is 1170. The summed E-state index contributed by atoms with van der Waals surface area (Å²) in [6.07, 6.45) is 7.47. The number of hydrogen-bond donors (Lipinski definition) is 0. The second-order valence-corrected chi connectivity index (χ2v) is 8.62. The van der Waals surface area contributed by atoms with Gasteiger partial charge in [-0.1, -0.05) is 30.3 Å². The van der Waals surface area contributed by atoms with Gasteiger partial charge >= 0.3 is 0 Å². The summed E-state index contributed by atoms with van der Waals surface area (Å²) in [5, 5.41) is 0. The van der Waals surface area contributed by atoms with E-state index in [0.717, 1.165) is 35.5 Å². The molecule has 2 aromatic heterocycles. The molecule has 0 spiro atoms. The summed E-state index contributed by atoms with van der Waals surface area (Å²) < 4.78 is 0. The molecule has 0 saturated carbocycles. The first-order chi connectivity index (χ1) is 16.1. The number of anilines is 1. The fourth-order valence-electron chi connectivity index (χ4n) is 4.66. The monoisotopic (exact) mass is 442 g/mol. The molecule has 33 heavy (non-hydrogen) atoms. The van der Waals surface area contributed by atoms with Crippen LogP contribution in [0.1, 0.15) is 58.3 Å². The van der Waals surface area contributed by atoms with E-state index in [1.807, 2.05) is 42.2 Å². The van der Waals surface area contributed by atoms with E-state index in [1.54, 1.807) is 11.1 Å². The van der Waals surface area contributed by atoms with E-state index in [1.165, 1.54) is 12.4 Å². The summed E-state index contributed by atoms with van der Waals surface area (Å²) in [7, 11) is 0. The number of hydrogen-bond acceptors (Lipinski definition) is 6. The molecule has 0 unspecified atom stereocenters. The summed E-state index contributed by atoms with van der Waals surface area (Å²) in [5.74, 6) is 1.39. The average Bonchev–Trinajstić information content (AvgIpc) is 2.86. The van der Waals surface area contributed by atoms with E-state index in [2.05, 4.69) is 9.97 Å². The van der Waals surface area contributed by atoms with Gasteiger partial charge in [-0.2, -0.15) is 0 Å². The van der Waals surface area contributed by atoms with Crippen LogP contribution in [-0.2, 0) is 17.8 Å². The van der Waals surface area contributed by atoms with E-state index in [-0.39, 0.29) is 17.7 Å². The molecule has 168 valence electrons. The van der Waals surface area contributed by atoms with Crippen molar-refractivity contribution in [2.75, 3.05) is 18.0 Å². The molecule has 5 rings (SSSR count). The normalized spacial score (nSPS) is 18.2. The fraction of sp³-hybridized carbons (Fsp3) is 0.360. The molecule has 0 radical (unpaired) electrons. The molecule has 8 nitrogen and oxygen atoms in total. The van der Waals surface area contributed by atoms with Gasteiger partial charge < -0.3 is 4.90 Å². The molecule has 1 aromatic carbocycles. The highest BCUT2D eigenvalue weighted by Crippen LogP contribution is 2.33. The van der Waals surface area contributed by atoms with Crippen LogP contribution < -0.4 is 4.90 Å². The first-order valence-corrected chi connectivity index (χ1v) is 11.4. The lowest BCUT2D eigenvalue weighted by Crippen LogP contribution is -2.40. The van der Waals surface area contributed by atoms with Crippen LogP contribution in [0.4, 0.5) is 5.82 Å². The molecule has 1 fully saturated rings. The number of piperidine rings is 1. The minimum atomic E-state index is -0.122. The number of carbonyl (C=O) groups excluding carboxylic acids is 2. The average molecular weight is 443 g/mol. The molecule has 2 amide bonds. The van der Waals surface area contributed by atoms with E-state index < -0.39 is 0 Å². The van der Waals surface area contributed by atoms with Crippen molar-refractivity contribution in [2.45, 2.75) is 45.1 Å². The Morgan fingerprint density at radius 1 is 1.12 bits per heavy atom. The Hall–Kier alpha value is -3.68. The summed E-state index contributed by atoms with van der Waals surface area (Å²) in [5.41, 5.74) is 3.37. The summed E-state index contributed by atoms with van der Waals surface area (Å²) in [6.45, 7) is 3.69. The third-order valence-electron chi connectivity index (χ3n) is 6.39. The van der Waals surface area contributed by atoms with Crippen molar-refractivity contribution in [2.24, 2.45) is 0 Å². The van der Waals surface area contributed by atoms with Crippen LogP contribution in [0.3, 0.4) is 0 Å². The number of carbonyl (C=O) groups is 2. The number of amides is 2. The molecule has 0 aliphatic carbocycles. The zero-order valence-corrected chi connectivity index (χ0v) is 18.6. The van der Waals surface area contributed by atoms with Gasteiger partial charge in [0.25, 0.3) is 5.91 Å². The van der Waals surface area contributed by atoms with Crippen LogP contribution in [0.5, 0.6) is 0 Å². The van der Waals surface area contributed by atoms with Crippen LogP contribution >= 0.6 is 0 Å². The Kier molecular flexibility index (Phi) is 5.81. The Morgan fingerprint density at radius 3 is 2.76 bits per heavy atom. The Balaban J connectivity index is 1.43. The number of rotatable bonds is 4. The Morgan fingerprint density at radius 2 is 1.97 bits per heavy atom. The number of benzene rings is 1. The fourth-order valence-corrected chi connectivity index (χ4v) is 4.66. The number of aromatic nitrogens is 4. The maximum Gasteiger partial charge on any atom is 0.274 e. The largest absolute Gasteiger partial charge is 0.337 e. The molecule has 4 heterocycles. The van der Waals surface area contributed by atoms with Gasteiger partial charge in [-0.25, -0.2) is 15.0 Å². The van der Waals surface area contributed by atoms with Gasteiger partial charge in [0.05, 0.1) is 12.7 Å². The SMILES string of the molecule is Cc1nc([C@H]2CCCN(C(=O)c3cnccn3)C2)nc2c1CCC(=O)N2Cc1ccccc1. The van der Waals surface area contributed by atoms with Gasteiger partial charge in [0.2, 0.25) is 5.91 Å². The molecular formula is C25H26N6O2. The molecule has 0 bridgehead atoms. The van der Waals surface area contributed by atoms with Crippen molar-refractivity contribution in [1.82, 2.24) is 24.8 Å². The second-order valence-electron chi connectivity index (χ2n) is 8.62. The molecule has 2 aliphatic rings. The van der Waals surface area contributed by atoms with Crippen molar-refractivity contribution in [3.8, 4) is 0 Å². The summed E-state index contributed by atoms with van der Waals surface area (Å²) >= 11 is 0. The van der Waals surface area contributed by atoms with E-state index in [9.17, 15) is 9.59 Å². The quantitative estimate of drug-likeness (QED) is 0.617. The molecule has 0 N–H and O–H groups in total. The maximum absolute atomic E-state index is 12.9. The van der Waals surface area contributed by atoms with Crippen molar-refractivity contribution in [3.05, 3.63) is 77.3 Å². The van der Waals surface area contributed by atoms with Gasteiger partial charge in [0.15, 0.2) is 0 Å². The second kappa shape index (κ2) is 9.05. The molecule has 2 aliphatic heterocycles. The maximum atomic E-state index is 12.9. The third-order valence-corrected chi connectivity index (χ3v) is 6.39. The van der Waals surface area contributed by atoms with Gasteiger partial charge in [0.1, 0.15) is 17.3 Å². The van der Waals surface area contributed by atoms with Crippen LogP contribution in [0.25, 0.3) is 0 Å². The minimum absolute atomic E-state index is 0.0129. The van der Waals surface area contributed by atoms with Gasteiger partial charge in [-0.15, -0.1) is 0 Å². The van der Waals surface area contributed by atoms with Crippen LogP contribution in [0, 0.1) is 6.92 Å². The smallest absolute Gasteiger partial charge is 0.274 e.